The monoisotopic (exact) mass is 635 g/mol. The van der Waals surface area contributed by atoms with Crippen LogP contribution in [0.5, 0.6) is 0 Å². The largest absolute Gasteiger partial charge is 0.208 e. The van der Waals surface area contributed by atoms with Gasteiger partial charge in [0.2, 0.25) is 0 Å². The summed E-state index contributed by atoms with van der Waals surface area (Å²) in [6, 6.07) is 62.4. The number of nitrogens with zero attached hydrogens (tertiary/aromatic N) is 3. The topological polar surface area (TPSA) is 38.7 Å². The molecule has 0 aliphatic rings. The van der Waals surface area contributed by atoms with E-state index in [2.05, 4.69) is 176 Å². The molecule has 0 aliphatic carbocycles. The zero-order chi connectivity index (χ0) is 33.0. The summed E-state index contributed by atoms with van der Waals surface area (Å²) in [5.74, 6) is 1.95. The highest BCUT2D eigenvalue weighted by molar-refractivity contribution is 6.17. The predicted octanol–water partition coefficient (Wildman–Crippen LogP) is 12.3. The summed E-state index contributed by atoms with van der Waals surface area (Å²) in [6.45, 7) is 0. The van der Waals surface area contributed by atoms with Crippen molar-refractivity contribution in [3.05, 3.63) is 176 Å². The molecule has 0 saturated heterocycles. The average molecular weight is 636 g/mol. The van der Waals surface area contributed by atoms with Crippen molar-refractivity contribution >= 4 is 53.9 Å². The molecule has 0 radical (unpaired) electrons. The summed E-state index contributed by atoms with van der Waals surface area (Å²) in [5.41, 5.74) is 5.22. The van der Waals surface area contributed by atoms with E-state index in [1.165, 1.54) is 48.7 Å². The van der Waals surface area contributed by atoms with Gasteiger partial charge in [0.15, 0.2) is 17.5 Å². The van der Waals surface area contributed by atoms with Crippen molar-refractivity contribution in [2.45, 2.75) is 0 Å². The third kappa shape index (κ3) is 4.79. The van der Waals surface area contributed by atoms with Gasteiger partial charge in [-0.2, -0.15) is 0 Å². The molecule has 0 atom stereocenters. The van der Waals surface area contributed by atoms with Gasteiger partial charge in [-0.3, -0.25) is 0 Å². The van der Waals surface area contributed by atoms with Crippen molar-refractivity contribution in [1.82, 2.24) is 15.0 Å². The Labute approximate surface area is 289 Å². The molecule has 0 bridgehead atoms. The molecule has 1 aromatic heterocycles. The van der Waals surface area contributed by atoms with Gasteiger partial charge in [0.25, 0.3) is 0 Å². The van der Waals surface area contributed by atoms with Crippen molar-refractivity contribution in [3.63, 3.8) is 0 Å². The molecule has 1 heterocycles. The van der Waals surface area contributed by atoms with Gasteiger partial charge in [-0.05, 0) is 77.1 Å². The first-order chi connectivity index (χ1) is 24.7. The molecule has 3 nitrogen and oxygen atoms in total. The van der Waals surface area contributed by atoms with E-state index >= 15 is 0 Å². The fourth-order valence-corrected chi connectivity index (χ4v) is 7.34. The molecule has 10 aromatic rings. The summed E-state index contributed by atoms with van der Waals surface area (Å²) in [5, 5.41) is 12.2. The minimum Gasteiger partial charge on any atom is -0.208 e. The van der Waals surface area contributed by atoms with Crippen molar-refractivity contribution in [2.24, 2.45) is 0 Å². The first kappa shape index (κ1) is 28.3. The molecule has 0 saturated carbocycles. The fraction of sp³-hybridized carbons (Fsp3) is 0. The van der Waals surface area contributed by atoms with Crippen LogP contribution in [-0.4, -0.2) is 15.0 Å². The molecule has 232 valence electrons. The van der Waals surface area contributed by atoms with E-state index in [1.807, 2.05) is 0 Å². The molecule has 0 unspecified atom stereocenters. The van der Waals surface area contributed by atoms with Crippen LogP contribution < -0.4 is 0 Å². The van der Waals surface area contributed by atoms with Gasteiger partial charge in [0.05, 0.1) is 0 Å². The van der Waals surface area contributed by atoms with E-state index in [9.17, 15) is 0 Å². The molecule has 0 amide bonds. The second kappa shape index (κ2) is 11.5. The van der Waals surface area contributed by atoms with Gasteiger partial charge in [-0.15, -0.1) is 0 Å². The van der Waals surface area contributed by atoms with Crippen LogP contribution in [0.3, 0.4) is 0 Å². The van der Waals surface area contributed by atoms with Gasteiger partial charge < -0.3 is 0 Å². The zero-order valence-corrected chi connectivity index (χ0v) is 27.1. The first-order valence-corrected chi connectivity index (χ1v) is 16.9. The second-order valence-electron chi connectivity index (χ2n) is 12.9. The highest BCUT2D eigenvalue weighted by atomic mass is 15.0. The Hall–Kier alpha value is -6.71. The standard InChI is InChI=1S/C47H29N3/c1-2-11-35-28-37(21-16-30(35)8-1)46-48-45(34-19-17-33(18-20-34)40-15-7-12-31-9-3-5-13-39(31)40)49-47(50-46)38-24-25-42-36(29-38)23-27-43-41-14-6-4-10-32(41)22-26-44(42)43/h1-29H. The Kier molecular flexibility index (Phi) is 6.49. The first-order valence-electron chi connectivity index (χ1n) is 16.9. The van der Waals surface area contributed by atoms with Gasteiger partial charge in [-0.1, -0.05) is 164 Å². The maximum Gasteiger partial charge on any atom is 0.164 e. The number of hydrogen-bond donors (Lipinski definition) is 0. The fourth-order valence-electron chi connectivity index (χ4n) is 7.34. The van der Waals surface area contributed by atoms with Gasteiger partial charge >= 0.3 is 0 Å². The summed E-state index contributed by atoms with van der Waals surface area (Å²) in [4.78, 5) is 15.3. The Morgan fingerprint density at radius 1 is 0.240 bits per heavy atom. The van der Waals surface area contributed by atoms with Crippen molar-refractivity contribution < 1.29 is 0 Å². The lowest BCUT2D eigenvalue weighted by molar-refractivity contribution is 1.08. The van der Waals surface area contributed by atoms with Crippen LogP contribution in [0.2, 0.25) is 0 Å². The normalized spacial score (nSPS) is 11.6. The quantitative estimate of drug-likeness (QED) is 0.181. The van der Waals surface area contributed by atoms with Crippen LogP contribution in [-0.2, 0) is 0 Å². The van der Waals surface area contributed by atoms with Crippen molar-refractivity contribution in [3.8, 4) is 45.3 Å². The molecule has 0 N–H and O–H groups in total. The number of hydrogen-bond acceptors (Lipinski definition) is 3. The third-order valence-corrected chi connectivity index (χ3v) is 9.89. The molecule has 10 rings (SSSR count). The lowest BCUT2D eigenvalue weighted by Gasteiger charge is -2.12. The summed E-state index contributed by atoms with van der Waals surface area (Å²) < 4.78 is 0. The minimum absolute atomic E-state index is 0.646. The zero-order valence-electron chi connectivity index (χ0n) is 27.1. The molecule has 50 heavy (non-hydrogen) atoms. The third-order valence-electron chi connectivity index (χ3n) is 9.89. The maximum atomic E-state index is 5.10. The number of rotatable bonds is 4. The van der Waals surface area contributed by atoms with Crippen LogP contribution in [0, 0.1) is 0 Å². The number of aromatic nitrogens is 3. The predicted molar refractivity (Wildman–Crippen MR) is 209 cm³/mol. The van der Waals surface area contributed by atoms with Crippen LogP contribution in [0.4, 0.5) is 0 Å². The van der Waals surface area contributed by atoms with Gasteiger partial charge in [0, 0.05) is 16.7 Å². The van der Waals surface area contributed by atoms with Crippen molar-refractivity contribution in [2.75, 3.05) is 0 Å². The number of benzene rings is 9. The molecule has 3 heteroatoms. The van der Waals surface area contributed by atoms with E-state index in [0.717, 1.165) is 33.0 Å². The minimum atomic E-state index is 0.646. The van der Waals surface area contributed by atoms with Gasteiger partial charge in [-0.25, -0.2) is 15.0 Å². The Bertz CT molecular complexity index is 2920. The van der Waals surface area contributed by atoms with E-state index in [-0.39, 0.29) is 0 Å². The van der Waals surface area contributed by atoms with Gasteiger partial charge in [0.1, 0.15) is 0 Å². The highest BCUT2D eigenvalue weighted by Crippen LogP contribution is 2.35. The Balaban J connectivity index is 1.12. The van der Waals surface area contributed by atoms with Crippen molar-refractivity contribution in [1.29, 1.82) is 0 Å². The lowest BCUT2D eigenvalue weighted by atomic mass is 9.96. The lowest BCUT2D eigenvalue weighted by Crippen LogP contribution is -2.00. The second-order valence-corrected chi connectivity index (χ2v) is 12.9. The van der Waals surface area contributed by atoms with Crippen LogP contribution >= 0.6 is 0 Å². The Morgan fingerprint density at radius 3 is 1.42 bits per heavy atom. The van der Waals surface area contributed by atoms with Crippen LogP contribution in [0.15, 0.2) is 176 Å². The average Bonchev–Trinajstić information content (AvgIpc) is 3.20. The number of fused-ring (bicyclic) bond motifs is 7. The molecule has 0 aliphatic heterocycles. The SMILES string of the molecule is c1ccc2cc(-c3nc(-c4ccc(-c5cccc6ccccc56)cc4)nc(-c4ccc5c(ccc6c7ccccc7ccc56)c4)n3)ccc2c1. The highest BCUT2D eigenvalue weighted by Gasteiger charge is 2.15. The molecular formula is C47H29N3. The molecule has 9 aromatic carbocycles. The van der Waals surface area contributed by atoms with E-state index < -0.39 is 0 Å². The molecule has 0 fully saturated rings. The maximum absolute atomic E-state index is 5.10. The van der Waals surface area contributed by atoms with Crippen LogP contribution in [0.25, 0.3) is 99.2 Å². The van der Waals surface area contributed by atoms with E-state index in [0.29, 0.717) is 17.5 Å². The van der Waals surface area contributed by atoms with Crippen LogP contribution in [0.1, 0.15) is 0 Å². The Morgan fingerprint density at radius 2 is 0.680 bits per heavy atom. The van der Waals surface area contributed by atoms with E-state index in [1.54, 1.807) is 0 Å². The molecule has 0 spiro atoms. The summed E-state index contributed by atoms with van der Waals surface area (Å²) in [6.07, 6.45) is 0. The summed E-state index contributed by atoms with van der Waals surface area (Å²) >= 11 is 0. The smallest absolute Gasteiger partial charge is 0.164 e. The van der Waals surface area contributed by atoms with E-state index in [4.69, 9.17) is 15.0 Å². The summed E-state index contributed by atoms with van der Waals surface area (Å²) in [7, 11) is 0. The molecular weight excluding hydrogens is 607 g/mol.